The average Bonchev–Trinajstić information content (AvgIpc) is 2.77. The van der Waals surface area contributed by atoms with Crippen LogP contribution >= 0.6 is 0 Å². The minimum atomic E-state index is -0.990. The summed E-state index contributed by atoms with van der Waals surface area (Å²) >= 11 is 0. The number of nitrogens with zero attached hydrogens (tertiary/aromatic N) is 1. The van der Waals surface area contributed by atoms with Crippen LogP contribution in [0.15, 0.2) is 48.5 Å². The van der Waals surface area contributed by atoms with Crippen molar-refractivity contribution in [3.05, 3.63) is 69.8 Å². The molecule has 0 aliphatic carbocycles. The summed E-state index contributed by atoms with van der Waals surface area (Å²) in [6.45, 7) is 2.31. The SMILES string of the molecule is COc1ccc(C=CC(=O)NC(C)C(=O)OCC(=O)Nc2cccc([N+](=O)[O-])c2C)cc1. The van der Waals surface area contributed by atoms with Crippen molar-refractivity contribution in [1.82, 2.24) is 5.32 Å². The molecule has 0 aromatic heterocycles. The highest BCUT2D eigenvalue weighted by Gasteiger charge is 2.19. The maximum Gasteiger partial charge on any atom is 0.328 e. The maximum atomic E-state index is 12.0. The Kier molecular flexibility index (Phi) is 8.46. The molecule has 10 heteroatoms. The second-order valence-corrected chi connectivity index (χ2v) is 6.70. The van der Waals surface area contributed by atoms with Crippen LogP contribution in [0, 0.1) is 17.0 Å². The molecule has 32 heavy (non-hydrogen) atoms. The van der Waals surface area contributed by atoms with E-state index in [1.807, 2.05) is 0 Å². The van der Waals surface area contributed by atoms with E-state index in [-0.39, 0.29) is 16.9 Å². The van der Waals surface area contributed by atoms with Crippen LogP contribution in [0.3, 0.4) is 0 Å². The number of benzene rings is 2. The van der Waals surface area contributed by atoms with Crippen LogP contribution in [0.1, 0.15) is 18.1 Å². The summed E-state index contributed by atoms with van der Waals surface area (Å²) in [4.78, 5) is 46.5. The van der Waals surface area contributed by atoms with Crippen molar-refractivity contribution in [2.24, 2.45) is 0 Å². The zero-order chi connectivity index (χ0) is 23.7. The first-order valence-corrected chi connectivity index (χ1v) is 9.54. The molecule has 0 heterocycles. The minimum Gasteiger partial charge on any atom is -0.497 e. The fourth-order valence-electron chi connectivity index (χ4n) is 2.61. The molecule has 1 atom stereocenters. The van der Waals surface area contributed by atoms with Crippen LogP contribution in [0.4, 0.5) is 11.4 Å². The molecule has 0 saturated heterocycles. The minimum absolute atomic E-state index is 0.140. The number of hydrogen-bond donors (Lipinski definition) is 2. The summed E-state index contributed by atoms with van der Waals surface area (Å²) in [6.07, 6.45) is 2.84. The number of esters is 1. The van der Waals surface area contributed by atoms with Crippen LogP contribution < -0.4 is 15.4 Å². The van der Waals surface area contributed by atoms with E-state index < -0.39 is 35.4 Å². The molecule has 0 spiro atoms. The number of amides is 2. The van der Waals surface area contributed by atoms with Gasteiger partial charge in [0.1, 0.15) is 11.8 Å². The molecule has 0 saturated carbocycles. The van der Waals surface area contributed by atoms with Gasteiger partial charge in [0.15, 0.2) is 6.61 Å². The molecule has 2 N–H and O–H groups in total. The number of anilines is 1. The van der Waals surface area contributed by atoms with Gasteiger partial charge in [0.2, 0.25) is 5.91 Å². The van der Waals surface area contributed by atoms with Gasteiger partial charge in [-0.25, -0.2) is 4.79 Å². The summed E-state index contributed by atoms with van der Waals surface area (Å²) in [7, 11) is 1.55. The van der Waals surface area contributed by atoms with E-state index >= 15 is 0 Å². The van der Waals surface area contributed by atoms with Crippen LogP contribution in [0.25, 0.3) is 6.08 Å². The molecule has 2 aromatic rings. The van der Waals surface area contributed by atoms with Gasteiger partial charge in [-0.1, -0.05) is 18.2 Å². The van der Waals surface area contributed by atoms with E-state index in [9.17, 15) is 24.5 Å². The Morgan fingerprint density at radius 1 is 1.16 bits per heavy atom. The van der Waals surface area contributed by atoms with E-state index in [2.05, 4.69) is 10.6 Å². The summed E-state index contributed by atoms with van der Waals surface area (Å²) in [5.41, 5.74) is 1.15. The predicted octanol–water partition coefficient (Wildman–Crippen LogP) is 2.61. The standard InChI is InChI=1S/C22H23N3O7/c1-14-18(5-4-6-19(14)25(29)30)24-21(27)13-32-22(28)15(2)23-20(26)12-9-16-7-10-17(31-3)11-8-16/h4-12,15H,13H2,1-3H3,(H,23,26)(H,24,27). The first-order chi connectivity index (χ1) is 15.2. The molecule has 168 valence electrons. The van der Waals surface area contributed by atoms with E-state index in [1.165, 1.54) is 38.1 Å². The molecule has 1 unspecified atom stereocenters. The predicted molar refractivity (Wildman–Crippen MR) is 117 cm³/mol. The van der Waals surface area contributed by atoms with Gasteiger partial charge in [-0.3, -0.25) is 19.7 Å². The molecule has 0 bridgehead atoms. The van der Waals surface area contributed by atoms with Crippen molar-refractivity contribution < 1.29 is 28.8 Å². The van der Waals surface area contributed by atoms with Crippen molar-refractivity contribution in [3.63, 3.8) is 0 Å². The largest absolute Gasteiger partial charge is 0.497 e. The summed E-state index contributed by atoms with van der Waals surface area (Å²) in [5.74, 6) is -1.29. The second-order valence-electron chi connectivity index (χ2n) is 6.70. The lowest BCUT2D eigenvalue weighted by Gasteiger charge is -2.13. The molecule has 2 aromatic carbocycles. The lowest BCUT2D eigenvalue weighted by atomic mass is 10.1. The van der Waals surface area contributed by atoms with Crippen LogP contribution in [0.2, 0.25) is 0 Å². The molecule has 10 nitrogen and oxygen atoms in total. The smallest absolute Gasteiger partial charge is 0.328 e. The molecule has 0 aliphatic heterocycles. The monoisotopic (exact) mass is 441 g/mol. The van der Waals surface area contributed by atoms with E-state index in [0.717, 1.165) is 5.56 Å². The van der Waals surface area contributed by atoms with Crippen LogP contribution in [0.5, 0.6) is 5.75 Å². The van der Waals surface area contributed by atoms with Crippen LogP contribution in [-0.2, 0) is 19.1 Å². The highest BCUT2D eigenvalue weighted by atomic mass is 16.6. The third kappa shape index (κ3) is 6.94. The van der Waals surface area contributed by atoms with Gasteiger partial charge in [-0.15, -0.1) is 0 Å². The second kappa shape index (κ2) is 11.3. The Morgan fingerprint density at radius 2 is 1.84 bits per heavy atom. The van der Waals surface area contributed by atoms with Gasteiger partial charge >= 0.3 is 5.97 Å². The van der Waals surface area contributed by atoms with Gasteiger partial charge in [-0.05, 0) is 43.7 Å². The topological polar surface area (TPSA) is 137 Å². The Bertz CT molecular complexity index is 1030. The normalized spacial score (nSPS) is 11.5. The summed E-state index contributed by atoms with van der Waals surface area (Å²) < 4.78 is 9.96. The average molecular weight is 441 g/mol. The zero-order valence-corrected chi connectivity index (χ0v) is 17.8. The number of carbonyl (C=O) groups is 3. The van der Waals surface area contributed by atoms with E-state index in [0.29, 0.717) is 5.75 Å². The number of nitro groups is 1. The van der Waals surface area contributed by atoms with Gasteiger partial charge in [0.25, 0.3) is 11.6 Å². The molecule has 2 rings (SSSR count). The van der Waals surface area contributed by atoms with Gasteiger partial charge < -0.3 is 20.1 Å². The fraction of sp³-hybridized carbons (Fsp3) is 0.227. The Balaban J connectivity index is 1.82. The lowest BCUT2D eigenvalue weighted by molar-refractivity contribution is -0.385. The number of rotatable bonds is 9. The first-order valence-electron chi connectivity index (χ1n) is 9.54. The van der Waals surface area contributed by atoms with Crippen molar-refractivity contribution in [2.75, 3.05) is 19.0 Å². The van der Waals surface area contributed by atoms with Crippen molar-refractivity contribution in [1.29, 1.82) is 0 Å². The van der Waals surface area contributed by atoms with Crippen molar-refractivity contribution >= 4 is 35.2 Å². The highest BCUT2D eigenvalue weighted by Crippen LogP contribution is 2.24. The van der Waals surface area contributed by atoms with Gasteiger partial charge in [-0.2, -0.15) is 0 Å². The zero-order valence-electron chi connectivity index (χ0n) is 17.8. The number of carbonyl (C=O) groups excluding carboxylic acids is 3. The third-order valence-corrected chi connectivity index (χ3v) is 4.38. The van der Waals surface area contributed by atoms with E-state index in [4.69, 9.17) is 9.47 Å². The van der Waals surface area contributed by atoms with Crippen molar-refractivity contribution in [3.8, 4) is 5.75 Å². The van der Waals surface area contributed by atoms with Gasteiger partial charge in [0, 0.05) is 12.1 Å². The number of methoxy groups -OCH3 is 1. The number of nitro benzene ring substituents is 1. The maximum absolute atomic E-state index is 12.0. The Hall–Kier alpha value is -4.21. The Morgan fingerprint density at radius 3 is 2.47 bits per heavy atom. The molecule has 0 radical (unpaired) electrons. The number of nitrogens with one attached hydrogen (secondary N) is 2. The number of ether oxygens (including phenoxy) is 2. The van der Waals surface area contributed by atoms with Gasteiger partial charge in [0.05, 0.1) is 23.3 Å². The lowest BCUT2D eigenvalue weighted by Crippen LogP contribution is -2.39. The fourth-order valence-corrected chi connectivity index (χ4v) is 2.61. The first kappa shape index (κ1) is 24.1. The quantitative estimate of drug-likeness (QED) is 0.264. The van der Waals surface area contributed by atoms with Crippen LogP contribution in [-0.4, -0.2) is 42.5 Å². The Labute approximate surface area is 184 Å². The summed E-state index contributed by atoms with van der Waals surface area (Å²) in [5, 5.41) is 15.9. The third-order valence-electron chi connectivity index (χ3n) is 4.38. The van der Waals surface area contributed by atoms with E-state index in [1.54, 1.807) is 37.5 Å². The summed E-state index contributed by atoms with van der Waals surface area (Å²) in [6, 6.07) is 10.3. The molecule has 2 amide bonds. The highest BCUT2D eigenvalue weighted by molar-refractivity contribution is 5.96. The molecule has 0 aliphatic rings. The van der Waals surface area contributed by atoms with Crippen molar-refractivity contribution in [2.45, 2.75) is 19.9 Å². The molecular weight excluding hydrogens is 418 g/mol. The molecular formula is C22H23N3O7. The molecule has 0 fully saturated rings. The number of hydrogen-bond acceptors (Lipinski definition) is 7.